The molecule has 2 heterocycles. The van der Waals surface area contributed by atoms with Gasteiger partial charge in [-0.3, -0.25) is 0 Å². The second-order valence-electron chi connectivity index (χ2n) is 5.60. The summed E-state index contributed by atoms with van der Waals surface area (Å²) < 4.78 is 2.38. The monoisotopic (exact) mass is 264 g/mol. The Kier molecular flexibility index (Phi) is 5.40. The molecule has 2 unspecified atom stereocenters. The van der Waals surface area contributed by atoms with Gasteiger partial charge in [0.15, 0.2) is 0 Å². The lowest BCUT2D eigenvalue weighted by Crippen LogP contribution is -2.32. The van der Waals surface area contributed by atoms with Crippen molar-refractivity contribution >= 4 is 0 Å². The van der Waals surface area contributed by atoms with Crippen LogP contribution in [0.25, 0.3) is 0 Å². The van der Waals surface area contributed by atoms with Crippen LogP contribution >= 0.6 is 0 Å². The zero-order chi connectivity index (χ0) is 13.7. The van der Waals surface area contributed by atoms with E-state index in [1.54, 1.807) is 0 Å². The summed E-state index contributed by atoms with van der Waals surface area (Å²) in [6.07, 6.45) is 6.64. The predicted molar refractivity (Wildman–Crippen MR) is 79.6 cm³/mol. The minimum atomic E-state index is 0.499. The second-order valence-corrected chi connectivity index (χ2v) is 5.60. The smallest absolute Gasteiger partial charge is 0.0951 e. The largest absolute Gasteiger partial charge is 0.330 e. The van der Waals surface area contributed by atoms with Crippen LogP contribution < -0.4 is 5.32 Å². The van der Waals surface area contributed by atoms with Gasteiger partial charge >= 0.3 is 0 Å². The standard InChI is InChI=1S/C15H28N4/c1-4-18(5-2)11-13(3)19-12-17-10-15(19)14-7-6-8-16-9-14/h10,12-14,16H,4-9,11H2,1-3H3. The van der Waals surface area contributed by atoms with Crippen molar-refractivity contribution in [3.05, 3.63) is 18.2 Å². The SMILES string of the molecule is CCN(CC)CC(C)n1cncc1C1CCCNC1. The van der Waals surface area contributed by atoms with Gasteiger partial charge in [-0.15, -0.1) is 0 Å². The van der Waals surface area contributed by atoms with E-state index in [9.17, 15) is 0 Å². The van der Waals surface area contributed by atoms with E-state index in [1.807, 2.05) is 6.33 Å². The van der Waals surface area contributed by atoms with E-state index in [4.69, 9.17) is 0 Å². The van der Waals surface area contributed by atoms with Crippen molar-refractivity contribution in [1.82, 2.24) is 19.8 Å². The molecule has 0 aliphatic carbocycles. The zero-order valence-corrected chi connectivity index (χ0v) is 12.6. The summed E-state index contributed by atoms with van der Waals surface area (Å²) in [7, 11) is 0. The van der Waals surface area contributed by atoms with Crippen molar-refractivity contribution < 1.29 is 0 Å². The van der Waals surface area contributed by atoms with Gasteiger partial charge in [0.25, 0.3) is 0 Å². The molecular formula is C15H28N4. The van der Waals surface area contributed by atoms with Crippen molar-refractivity contribution in [2.75, 3.05) is 32.7 Å². The second kappa shape index (κ2) is 7.06. The van der Waals surface area contributed by atoms with Gasteiger partial charge in [-0.2, -0.15) is 0 Å². The average Bonchev–Trinajstić information content (AvgIpc) is 2.95. The molecule has 0 spiro atoms. The van der Waals surface area contributed by atoms with E-state index >= 15 is 0 Å². The maximum absolute atomic E-state index is 4.39. The van der Waals surface area contributed by atoms with Crippen molar-refractivity contribution in [3.8, 4) is 0 Å². The number of likely N-dealkylation sites (N-methyl/N-ethyl adjacent to an activating group) is 1. The number of nitrogens with zero attached hydrogens (tertiary/aromatic N) is 3. The van der Waals surface area contributed by atoms with Gasteiger partial charge in [0.05, 0.1) is 6.33 Å². The molecule has 2 rings (SSSR count). The van der Waals surface area contributed by atoms with Crippen LogP contribution in [0.4, 0.5) is 0 Å². The number of hydrogen-bond acceptors (Lipinski definition) is 3. The summed E-state index contributed by atoms with van der Waals surface area (Å²) in [4.78, 5) is 6.87. The van der Waals surface area contributed by atoms with Gasteiger partial charge in [0, 0.05) is 36.9 Å². The Morgan fingerprint density at radius 2 is 2.26 bits per heavy atom. The lowest BCUT2D eigenvalue weighted by molar-refractivity contribution is 0.257. The summed E-state index contributed by atoms with van der Waals surface area (Å²) >= 11 is 0. The third-order valence-corrected chi connectivity index (χ3v) is 4.30. The van der Waals surface area contributed by atoms with Crippen molar-refractivity contribution in [1.29, 1.82) is 0 Å². The summed E-state index contributed by atoms with van der Waals surface area (Å²) in [5.41, 5.74) is 1.41. The van der Waals surface area contributed by atoms with Crippen LogP contribution in [-0.2, 0) is 0 Å². The van der Waals surface area contributed by atoms with E-state index in [2.05, 4.69) is 46.7 Å². The maximum atomic E-state index is 4.39. The molecule has 2 atom stereocenters. The molecule has 0 radical (unpaired) electrons. The van der Waals surface area contributed by atoms with Crippen LogP contribution in [0.15, 0.2) is 12.5 Å². The Morgan fingerprint density at radius 3 is 2.89 bits per heavy atom. The Morgan fingerprint density at radius 1 is 1.47 bits per heavy atom. The van der Waals surface area contributed by atoms with Crippen LogP contribution in [0.1, 0.15) is 51.3 Å². The Hall–Kier alpha value is -0.870. The molecule has 4 heteroatoms. The number of aromatic nitrogens is 2. The Bertz CT molecular complexity index is 364. The van der Waals surface area contributed by atoms with E-state index in [-0.39, 0.29) is 0 Å². The molecular weight excluding hydrogens is 236 g/mol. The predicted octanol–water partition coefficient (Wildman–Crippen LogP) is 2.25. The number of nitrogens with one attached hydrogen (secondary N) is 1. The number of hydrogen-bond donors (Lipinski definition) is 1. The molecule has 1 aromatic rings. The average molecular weight is 264 g/mol. The number of rotatable bonds is 6. The van der Waals surface area contributed by atoms with E-state index in [0.29, 0.717) is 12.0 Å². The summed E-state index contributed by atoms with van der Waals surface area (Å²) in [6.45, 7) is 12.4. The van der Waals surface area contributed by atoms with Gasteiger partial charge in [-0.1, -0.05) is 13.8 Å². The third kappa shape index (κ3) is 3.57. The highest BCUT2D eigenvalue weighted by Crippen LogP contribution is 2.25. The fourth-order valence-electron chi connectivity index (χ4n) is 3.05. The highest BCUT2D eigenvalue weighted by atomic mass is 15.2. The molecule has 0 amide bonds. The van der Waals surface area contributed by atoms with E-state index in [0.717, 1.165) is 26.2 Å². The minimum Gasteiger partial charge on any atom is -0.330 e. The van der Waals surface area contributed by atoms with Gasteiger partial charge in [-0.25, -0.2) is 4.98 Å². The molecule has 1 fully saturated rings. The van der Waals surface area contributed by atoms with Crippen molar-refractivity contribution in [2.45, 2.75) is 45.6 Å². The third-order valence-electron chi connectivity index (χ3n) is 4.30. The van der Waals surface area contributed by atoms with Crippen LogP contribution in [0.5, 0.6) is 0 Å². The highest BCUT2D eigenvalue weighted by Gasteiger charge is 2.21. The molecule has 108 valence electrons. The summed E-state index contributed by atoms with van der Waals surface area (Å²) in [6, 6.07) is 0.499. The molecule has 1 aliphatic heterocycles. The van der Waals surface area contributed by atoms with Gasteiger partial charge in [0.1, 0.15) is 0 Å². The maximum Gasteiger partial charge on any atom is 0.0951 e. The molecule has 1 aromatic heterocycles. The van der Waals surface area contributed by atoms with E-state index in [1.165, 1.54) is 25.1 Å². The highest BCUT2D eigenvalue weighted by molar-refractivity contribution is 5.09. The van der Waals surface area contributed by atoms with Crippen LogP contribution in [0.2, 0.25) is 0 Å². The van der Waals surface area contributed by atoms with Gasteiger partial charge < -0.3 is 14.8 Å². The van der Waals surface area contributed by atoms with Crippen LogP contribution in [-0.4, -0.2) is 47.2 Å². The van der Waals surface area contributed by atoms with Crippen LogP contribution in [0.3, 0.4) is 0 Å². The van der Waals surface area contributed by atoms with Crippen molar-refractivity contribution in [3.63, 3.8) is 0 Å². The molecule has 0 bridgehead atoms. The molecule has 1 saturated heterocycles. The van der Waals surface area contributed by atoms with Crippen molar-refractivity contribution in [2.24, 2.45) is 0 Å². The first-order chi connectivity index (χ1) is 9.26. The summed E-state index contributed by atoms with van der Waals surface area (Å²) in [5.74, 6) is 0.635. The molecule has 19 heavy (non-hydrogen) atoms. The lowest BCUT2D eigenvalue weighted by atomic mass is 9.96. The lowest BCUT2D eigenvalue weighted by Gasteiger charge is -2.28. The van der Waals surface area contributed by atoms with Gasteiger partial charge in [-0.05, 0) is 39.4 Å². The Labute approximate surface area is 117 Å². The normalized spacial score (nSPS) is 21.8. The number of imidazole rings is 1. The molecule has 4 nitrogen and oxygen atoms in total. The van der Waals surface area contributed by atoms with Crippen LogP contribution in [0, 0.1) is 0 Å². The first-order valence-corrected chi connectivity index (χ1v) is 7.71. The zero-order valence-electron chi connectivity index (χ0n) is 12.6. The molecule has 1 aliphatic rings. The number of piperidine rings is 1. The first-order valence-electron chi connectivity index (χ1n) is 7.71. The topological polar surface area (TPSA) is 33.1 Å². The molecule has 0 saturated carbocycles. The Balaban J connectivity index is 2.05. The summed E-state index contributed by atoms with van der Waals surface area (Å²) in [5, 5.41) is 3.50. The first kappa shape index (κ1) is 14.5. The van der Waals surface area contributed by atoms with Gasteiger partial charge in [0.2, 0.25) is 0 Å². The quantitative estimate of drug-likeness (QED) is 0.855. The van der Waals surface area contributed by atoms with E-state index < -0.39 is 0 Å². The fourth-order valence-corrected chi connectivity index (χ4v) is 3.05. The molecule has 1 N–H and O–H groups in total. The molecule has 0 aromatic carbocycles. The minimum absolute atomic E-state index is 0.499. The fraction of sp³-hybridized carbons (Fsp3) is 0.800.